The molecular weight excluding hydrogens is 919 g/mol. The van der Waals surface area contributed by atoms with E-state index in [1.165, 1.54) is 180 Å². The fraction of sp³-hybridized carbons (Fsp3) is 0.984. The number of carbonyl (C=O) groups excluding carboxylic acids is 1. The molecule has 4 fully saturated rings. The van der Waals surface area contributed by atoms with Gasteiger partial charge in [0.1, 0.15) is 0 Å². The van der Waals surface area contributed by atoms with E-state index in [2.05, 4.69) is 15.1 Å². The van der Waals surface area contributed by atoms with Crippen LogP contribution in [0.25, 0.3) is 0 Å². The first kappa shape index (κ1) is 64.6. The number of carbonyl (C=O) groups is 1. The summed E-state index contributed by atoms with van der Waals surface area (Å²) >= 11 is 0. The second-order valence-electron chi connectivity index (χ2n) is 23.9. The minimum absolute atomic E-state index is 0.0369. The maximum Gasteiger partial charge on any atom is 0.219 e. The van der Waals surface area contributed by atoms with E-state index in [9.17, 15) is 25.2 Å². The summed E-state index contributed by atoms with van der Waals surface area (Å²) in [6, 6.07) is 0. The van der Waals surface area contributed by atoms with Crippen molar-refractivity contribution in [2.24, 2.45) is 23.7 Å². The third kappa shape index (κ3) is 35.3. The van der Waals surface area contributed by atoms with E-state index in [4.69, 9.17) is 18.9 Å². The molecule has 73 heavy (non-hydrogen) atoms. The van der Waals surface area contributed by atoms with Crippen LogP contribution < -0.4 is 5.32 Å². The van der Waals surface area contributed by atoms with Crippen LogP contribution in [0.3, 0.4) is 0 Å². The van der Waals surface area contributed by atoms with Crippen LogP contribution in [0, 0.1) is 23.7 Å². The summed E-state index contributed by atoms with van der Waals surface area (Å²) in [4.78, 5) is 17.2. The number of hydrogen-bond acceptors (Lipinski definition) is 11. The highest BCUT2D eigenvalue weighted by atomic mass is 16.5. The first-order valence-corrected chi connectivity index (χ1v) is 31.6. The molecule has 12 heteroatoms. The van der Waals surface area contributed by atoms with E-state index >= 15 is 0 Å². The van der Waals surface area contributed by atoms with Crippen LogP contribution in [-0.2, 0) is 23.7 Å². The smallest absolute Gasteiger partial charge is 0.219 e. The molecule has 0 spiro atoms. The highest BCUT2D eigenvalue weighted by Crippen LogP contribution is 2.30. The van der Waals surface area contributed by atoms with Crippen molar-refractivity contribution in [1.82, 2.24) is 15.1 Å². The number of nitrogens with one attached hydrogen (secondary N) is 1. The van der Waals surface area contributed by atoms with E-state index in [-0.39, 0.29) is 19.1 Å². The van der Waals surface area contributed by atoms with Crippen molar-refractivity contribution in [3.05, 3.63) is 0 Å². The van der Waals surface area contributed by atoms with Crippen molar-refractivity contribution < 1.29 is 44.2 Å². The van der Waals surface area contributed by atoms with Gasteiger partial charge in [-0.25, -0.2) is 0 Å². The summed E-state index contributed by atoms with van der Waals surface area (Å²) in [5, 5.41) is 47.1. The fourth-order valence-corrected chi connectivity index (χ4v) is 12.6. The second-order valence-corrected chi connectivity index (χ2v) is 23.9. The van der Waals surface area contributed by atoms with Gasteiger partial charge >= 0.3 is 0 Å². The van der Waals surface area contributed by atoms with Crippen LogP contribution in [0.1, 0.15) is 238 Å². The van der Waals surface area contributed by atoms with Crippen molar-refractivity contribution in [3.63, 3.8) is 0 Å². The van der Waals surface area contributed by atoms with Crippen molar-refractivity contribution in [2.75, 3.05) is 98.7 Å². The van der Waals surface area contributed by atoms with E-state index in [1.54, 1.807) is 0 Å². The average molecular weight is 1040 g/mol. The maximum absolute atomic E-state index is 12.9. The summed E-state index contributed by atoms with van der Waals surface area (Å²) < 4.78 is 23.7. The molecule has 4 atom stereocenters. The van der Waals surface area contributed by atoms with Gasteiger partial charge in [-0.05, 0) is 88.1 Å². The molecule has 0 aromatic carbocycles. The van der Waals surface area contributed by atoms with Gasteiger partial charge in [0.15, 0.2) is 0 Å². The molecule has 12 nitrogen and oxygen atoms in total. The molecule has 430 valence electrons. The number of rotatable bonds is 46. The Bertz CT molecular complexity index is 1170. The van der Waals surface area contributed by atoms with E-state index in [0.29, 0.717) is 91.9 Å². The maximum atomic E-state index is 12.9. The van der Waals surface area contributed by atoms with Crippen LogP contribution in [0.2, 0.25) is 0 Å². The van der Waals surface area contributed by atoms with Gasteiger partial charge in [0.05, 0.1) is 50.8 Å². The molecule has 4 saturated carbocycles. The Balaban J connectivity index is 1.10. The van der Waals surface area contributed by atoms with E-state index in [1.807, 2.05) is 0 Å². The van der Waals surface area contributed by atoms with Crippen LogP contribution in [0.4, 0.5) is 0 Å². The zero-order valence-electron chi connectivity index (χ0n) is 47.1. The largest absolute Gasteiger partial charge is 0.389 e. The first-order chi connectivity index (χ1) is 35.8. The molecule has 0 aromatic rings. The molecule has 0 heterocycles. The predicted octanol–water partition coefficient (Wildman–Crippen LogP) is 11.2. The molecule has 1 amide bonds. The van der Waals surface area contributed by atoms with Gasteiger partial charge in [-0.3, -0.25) is 14.6 Å². The standard InChI is InChI=1S/C61H117N3O9/c65-57(49-70-41-21-14-33-53-25-5-1-6-26-53)45-63(46-58(66)50-71-42-22-15-34-54-27-7-2-8-28-54)39-19-13-37-61(69)62-38-18-20-40-64(47-59(67)51-72-43-23-16-35-55-29-9-3-10-30-55)48-60(68)52-73-44-24-17-36-56-31-11-4-12-32-56/h53-60,65-68H,1-52H2,(H,62,69). The number of ether oxygens (including phenoxy) is 4. The Kier molecular flexibility index (Phi) is 38.9. The summed E-state index contributed by atoms with van der Waals surface area (Å²) in [6.45, 7) is 7.52. The Morgan fingerprint density at radius 3 is 0.973 bits per heavy atom. The molecular formula is C61H117N3O9. The number of aliphatic hydroxyl groups excluding tert-OH is 4. The lowest BCUT2D eigenvalue weighted by Crippen LogP contribution is -2.41. The van der Waals surface area contributed by atoms with Crippen LogP contribution in [-0.4, -0.2) is 159 Å². The van der Waals surface area contributed by atoms with Gasteiger partial charge in [-0.1, -0.05) is 180 Å². The third-order valence-corrected chi connectivity index (χ3v) is 17.0. The average Bonchev–Trinajstić information content (AvgIpc) is 3.40. The monoisotopic (exact) mass is 1040 g/mol. The molecule has 4 aliphatic rings. The van der Waals surface area contributed by atoms with Gasteiger partial charge in [-0.15, -0.1) is 0 Å². The number of unbranched alkanes of at least 4 members (excludes halogenated alkanes) is 6. The van der Waals surface area contributed by atoms with E-state index < -0.39 is 24.4 Å². The lowest BCUT2D eigenvalue weighted by Gasteiger charge is -2.27. The number of amides is 1. The minimum Gasteiger partial charge on any atom is -0.389 e. The summed E-state index contributed by atoms with van der Waals surface area (Å²) in [5.74, 6) is 3.59. The summed E-state index contributed by atoms with van der Waals surface area (Å²) in [6.07, 6.45) is 42.8. The lowest BCUT2D eigenvalue weighted by molar-refractivity contribution is -0.121. The second kappa shape index (κ2) is 44.0. The molecule has 4 aliphatic carbocycles. The molecule has 0 aliphatic heterocycles. The van der Waals surface area contributed by atoms with Gasteiger partial charge < -0.3 is 44.7 Å². The van der Waals surface area contributed by atoms with Crippen molar-refractivity contribution in [2.45, 2.75) is 262 Å². The highest BCUT2D eigenvalue weighted by molar-refractivity contribution is 5.75. The molecule has 0 aromatic heterocycles. The Labute approximate surface area is 447 Å². The quantitative estimate of drug-likeness (QED) is 0.0370. The topological polar surface area (TPSA) is 153 Å². The highest BCUT2D eigenvalue weighted by Gasteiger charge is 2.20. The van der Waals surface area contributed by atoms with Gasteiger partial charge in [-0.2, -0.15) is 0 Å². The van der Waals surface area contributed by atoms with E-state index in [0.717, 1.165) is 75.0 Å². The lowest BCUT2D eigenvalue weighted by atomic mass is 9.86. The Morgan fingerprint density at radius 1 is 0.384 bits per heavy atom. The van der Waals surface area contributed by atoms with Crippen LogP contribution >= 0.6 is 0 Å². The zero-order chi connectivity index (χ0) is 51.7. The number of hydrogen-bond donors (Lipinski definition) is 5. The normalized spacial score (nSPS) is 19.7. The number of nitrogens with zero attached hydrogens (tertiary/aromatic N) is 2. The van der Waals surface area contributed by atoms with Gasteiger partial charge in [0, 0.05) is 65.6 Å². The minimum atomic E-state index is -0.644. The SMILES string of the molecule is O=C(CCCCN(CC(O)COCCCCC1CCCCC1)CC(O)COCCCCC1CCCCC1)NCCCCN(CC(O)COCCCCC1CCCCC1)CC(O)COCCCCC1CCCCC1. The number of aliphatic hydroxyl groups is 4. The van der Waals surface area contributed by atoms with Crippen molar-refractivity contribution in [3.8, 4) is 0 Å². The molecule has 0 bridgehead atoms. The zero-order valence-corrected chi connectivity index (χ0v) is 47.1. The molecule has 0 saturated heterocycles. The van der Waals surface area contributed by atoms with Crippen LogP contribution in [0.15, 0.2) is 0 Å². The summed E-state index contributed by atoms with van der Waals surface area (Å²) in [5.41, 5.74) is 0. The molecule has 4 rings (SSSR count). The molecule has 5 N–H and O–H groups in total. The van der Waals surface area contributed by atoms with Crippen molar-refractivity contribution in [1.29, 1.82) is 0 Å². The van der Waals surface area contributed by atoms with Crippen LogP contribution in [0.5, 0.6) is 0 Å². The van der Waals surface area contributed by atoms with Gasteiger partial charge in [0.25, 0.3) is 0 Å². The molecule has 0 radical (unpaired) electrons. The van der Waals surface area contributed by atoms with Crippen molar-refractivity contribution >= 4 is 5.91 Å². The predicted molar refractivity (Wildman–Crippen MR) is 298 cm³/mol. The Morgan fingerprint density at radius 2 is 0.671 bits per heavy atom. The fourth-order valence-electron chi connectivity index (χ4n) is 12.6. The molecule has 4 unspecified atom stereocenters. The summed E-state index contributed by atoms with van der Waals surface area (Å²) in [7, 11) is 0. The Hall–Kier alpha value is -0.930. The third-order valence-electron chi connectivity index (χ3n) is 17.0. The van der Waals surface area contributed by atoms with Gasteiger partial charge in [0.2, 0.25) is 5.91 Å². The first-order valence-electron chi connectivity index (χ1n) is 31.6.